The summed E-state index contributed by atoms with van der Waals surface area (Å²) in [6, 6.07) is -1.33. The van der Waals surface area contributed by atoms with Gasteiger partial charge in [-0.05, 0) is 182 Å². The number of carbonyl (C=O) groups excluding carboxylic acids is 3. The van der Waals surface area contributed by atoms with E-state index < -0.39 is 74.4 Å². The maximum absolute atomic E-state index is 13.3. The van der Waals surface area contributed by atoms with Crippen LogP contribution in [0.4, 0.5) is 21.2 Å². The van der Waals surface area contributed by atoms with Gasteiger partial charge in [0.1, 0.15) is 28.9 Å². The Morgan fingerprint density at radius 1 is 0.611 bits per heavy atom. The van der Waals surface area contributed by atoms with Crippen molar-refractivity contribution in [3.63, 3.8) is 0 Å². The van der Waals surface area contributed by atoms with Crippen molar-refractivity contribution in [2.45, 2.75) is 284 Å². The van der Waals surface area contributed by atoms with Crippen molar-refractivity contribution in [2.75, 3.05) is 37.8 Å². The largest absolute Gasteiger partial charge is 0.451 e. The number of esters is 1. The Bertz CT molecular complexity index is 2830. The van der Waals surface area contributed by atoms with E-state index in [4.69, 9.17) is 53.5 Å². The van der Waals surface area contributed by atoms with Gasteiger partial charge in [-0.15, -0.1) is 0 Å². The van der Waals surface area contributed by atoms with Crippen LogP contribution in [0.1, 0.15) is 187 Å². The number of anilines is 2. The van der Waals surface area contributed by atoms with Gasteiger partial charge in [-0.2, -0.15) is 9.97 Å². The lowest BCUT2D eigenvalue weighted by atomic mass is 10.1. The molecule has 0 spiro atoms. The molecule has 2 aliphatic carbocycles. The van der Waals surface area contributed by atoms with Crippen molar-refractivity contribution in [1.29, 1.82) is 0 Å². The molecule has 4 rings (SSSR count). The highest BCUT2D eigenvalue weighted by molar-refractivity contribution is 14.1. The molecule has 1 unspecified atom stereocenters. The first-order valence-electron chi connectivity index (χ1n) is 31.7. The number of unbranched alkanes of at least 4 members (excludes halogenated alkanes) is 1. The maximum Gasteiger partial charge on any atom is 0.408 e. The molecule has 0 aromatic carbocycles. The summed E-state index contributed by atoms with van der Waals surface area (Å²) >= 11 is 2.12. The molecule has 2 heterocycles. The summed E-state index contributed by atoms with van der Waals surface area (Å²) in [6.07, 6.45) is 5.40. The van der Waals surface area contributed by atoms with Gasteiger partial charge in [-0.3, -0.25) is 18.3 Å². The predicted molar refractivity (Wildman–Crippen MR) is 374 cm³/mol. The van der Waals surface area contributed by atoms with Crippen LogP contribution in [0.15, 0.2) is 22.0 Å². The van der Waals surface area contributed by atoms with E-state index in [1.165, 1.54) is 0 Å². The molecule has 27 heteroatoms. The van der Waals surface area contributed by atoms with E-state index in [-0.39, 0.29) is 86.6 Å². The first kappa shape index (κ1) is 80.5. The van der Waals surface area contributed by atoms with Crippen molar-refractivity contribution >= 4 is 85.7 Å². The van der Waals surface area contributed by atoms with Gasteiger partial charge < -0.3 is 45.2 Å². The highest BCUT2D eigenvalue weighted by atomic mass is 127. The Morgan fingerprint density at radius 3 is 1.44 bits per heavy atom. The summed E-state index contributed by atoms with van der Waals surface area (Å²) in [5.41, 5.74) is 10.1. The Hall–Kier alpha value is -3.71. The van der Waals surface area contributed by atoms with Crippen LogP contribution in [0, 0.1) is 27.2 Å². The average molecular weight is 1450 g/mol. The SMILES string of the molecule is CC(C)(C)OC(=O)NCCCCC(NC(=O)OC(C)(C)C)C(=O)OCC#Cc1cn([C@@H]2C[C@H](CO[Si](C)(C)C(C)(C)C)[C@H](OO[Si](C)(C)C(C)(C)C)C2)c(=O)nc1N.CC(C)(C)[Si](C)(C)OC[C@H]1C[C@@H](n2cc(I)c(N)nc2=O)C[C@H]1OO[Si](C)(C)C(C)(C)C. The molecule has 2 aromatic rings. The fraction of sp³-hybridized carbons (Fsp3) is 0.794. The summed E-state index contributed by atoms with van der Waals surface area (Å²) in [7, 11) is -8.30. The minimum atomic E-state index is -2.24. The molecule has 2 amide bonds. The Morgan fingerprint density at radius 2 is 1.02 bits per heavy atom. The van der Waals surface area contributed by atoms with Gasteiger partial charge in [0, 0.05) is 56.1 Å². The molecule has 22 nitrogen and oxygen atoms in total. The Balaban J connectivity index is 0.000000555. The highest BCUT2D eigenvalue weighted by Crippen LogP contribution is 2.45. The van der Waals surface area contributed by atoms with Gasteiger partial charge in [0.15, 0.2) is 23.2 Å². The van der Waals surface area contributed by atoms with Crippen molar-refractivity contribution in [1.82, 2.24) is 29.7 Å². The van der Waals surface area contributed by atoms with Gasteiger partial charge in [-0.25, -0.2) is 33.7 Å². The van der Waals surface area contributed by atoms with Crippen LogP contribution in [0.3, 0.4) is 0 Å². The third-order valence-corrected chi connectivity index (χ3v) is 36.4. The third kappa shape index (κ3) is 24.9. The fourth-order valence-electron chi connectivity index (χ4n) is 8.41. The molecule has 2 saturated carbocycles. The molecule has 0 bridgehead atoms. The molecular weight excluding hydrogens is 1330 g/mol. The summed E-state index contributed by atoms with van der Waals surface area (Å²) < 4.78 is 45.6. The summed E-state index contributed by atoms with van der Waals surface area (Å²) in [4.78, 5) is 84.0. The summed E-state index contributed by atoms with van der Waals surface area (Å²) in [5.74, 6) is 5.31. The highest BCUT2D eigenvalue weighted by Gasteiger charge is 2.47. The lowest BCUT2D eigenvalue weighted by molar-refractivity contribution is -0.267. The number of hydrogen-bond acceptors (Lipinski definition) is 18. The second kappa shape index (κ2) is 31.7. The van der Waals surface area contributed by atoms with E-state index in [2.05, 4.69) is 190 Å². The van der Waals surface area contributed by atoms with Gasteiger partial charge in [-0.1, -0.05) is 94.9 Å². The lowest BCUT2D eigenvalue weighted by Crippen LogP contribution is -2.44. The van der Waals surface area contributed by atoms with Crippen molar-refractivity contribution in [3.8, 4) is 11.8 Å². The zero-order chi connectivity index (χ0) is 69.2. The molecule has 514 valence electrons. The number of ether oxygens (including phenoxy) is 3. The molecule has 0 radical (unpaired) electrons. The summed E-state index contributed by atoms with van der Waals surface area (Å²) in [5, 5.41) is 5.41. The first-order chi connectivity index (χ1) is 40.7. The monoisotopic (exact) mass is 1450 g/mol. The number of alkyl carbamates (subject to hydrolysis) is 2. The molecule has 0 aliphatic heterocycles. The lowest BCUT2D eigenvalue weighted by Gasteiger charge is -2.38. The Kier molecular flexibility index (Phi) is 28.3. The van der Waals surface area contributed by atoms with Gasteiger partial charge in [0.05, 0.1) is 21.3 Å². The van der Waals surface area contributed by atoms with Crippen molar-refractivity contribution in [2.24, 2.45) is 11.8 Å². The maximum atomic E-state index is 13.3. The van der Waals surface area contributed by atoms with Gasteiger partial charge in [0.25, 0.3) is 0 Å². The number of nitrogens with two attached hydrogens (primary N) is 2. The van der Waals surface area contributed by atoms with E-state index in [1.54, 1.807) is 63.1 Å². The van der Waals surface area contributed by atoms with Crippen LogP contribution < -0.4 is 33.5 Å². The van der Waals surface area contributed by atoms with Crippen LogP contribution in [-0.4, -0.2) is 126 Å². The number of nitrogen functional groups attached to an aromatic ring is 2. The molecular formula is C63H115IN8O14Si4. The number of aromatic nitrogens is 4. The van der Waals surface area contributed by atoms with Crippen molar-refractivity contribution in [3.05, 3.63) is 42.5 Å². The molecule has 0 saturated heterocycles. The smallest absolute Gasteiger partial charge is 0.408 e. The minimum absolute atomic E-state index is 0.0230. The van der Waals surface area contributed by atoms with E-state index in [9.17, 15) is 24.0 Å². The summed E-state index contributed by atoms with van der Waals surface area (Å²) in [6.45, 7) is 55.5. The van der Waals surface area contributed by atoms with Crippen LogP contribution >= 0.6 is 22.6 Å². The number of nitrogens with zero attached hydrogens (tertiary/aromatic N) is 4. The number of halogens is 1. The number of nitrogens with one attached hydrogen (secondary N) is 2. The second-order valence-electron chi connectivity index (χ2n) is 32.3. The number of rotatable bonds is 22. The molecule has 90 heavy (non-hydrogen) atoms. The number of hydrogen-bond donors (Lipinski definition) is 4. The standard InChI is InChI=1S/C41H73N5O10Si2.C22H42IN3O4Si2/c1-38(2,3)53-36(49)43-22-18-17-21-31(44-37(50)54-39(4,5)6)34(47)51-23-19-20-28-26-46(35(48)45-33(28)42)30-24-29(27-52-57(13,14)40(7,8)9)32(25-30)55-56-58(15,16)41(10,11)12;1-21(2,3)31(7,8)28-14-15-11-16(26-13-17(23)19(24)25-20(26)27)12-18(15)29-30-32(9,10)22(4,5)6/h26,29-32H,17-18,21-25,27H2,1-16H3,(H,43,49)(H,44,50)(H2,42,45,48);13,15-16,18H,11-12,14H2,1-10H3,(H2,24,25,27)/t29-,30-,31?,32-;15-,16-,18-/m11/s1. The molecule has 7 atom stereocenters. The number of carbonyl (C=O) groups is 3. The first-order valence-corrected chi connectivity index (χ1v) is 44.4. The zero-order valence-corrected chi connectivity index (χ0v) is 65.7. The van der Waals surface area contributed by atoms with Crippen LogP contribution in [-0.2, 0) is 46.8 Å². The second-order valence-corrected chi connectivity index (χ2v) is 52.5. The zero-order valence-electron chi connectivity index (χ0n) is 59.5. The minimum Gasteiger partial charge on any atom is -0.451 e. The third-order valence-electron chi connectivity index (χ3n) is 18.3. The molecule has 2 fully saturated rings. The quantitative estimate of drug-likeness (QED) is 0.0125. The van der Waals surface area contributed by atoms with E-state index in [1.807, 2.05) is 0 Å². The molecule has 2 aliphatic rings. The van der Waals surface area contributed by atoms with Crippen LogP contribution in [0.5, 0.6) is 0 Å². The van der Waals surface area contributed by atoms with Gasteiger partial charge >= 0.3 is 29.5 Å². The predicted octanol–water partition coefficient (Wildman–Crippen LogP) is 13.3. The van der Waals surface area contributed by atoms with E-state index in [0.717, 1.165) is 9.99 Å². The van der Waals surface area contributed by atoms with Crippen molar-refractivity contribution < 1.29 is 56.4 Å². The van der Waals surface area contributed by atoms with E-state index >= 15 is 0 Å². The van der Waals surface area contributed by atoms with Gasteiger partial charge in [0.2, 0.25) is 16.6 Å². The molecule has 2 aromatic heterocycles. The van der Waals surface area contributed by atoms with E-state index in [0.29, 0.717) is 57.4 Å². The number of amides is 2. The normalized spacial score (nSPS) is 20.1. The Labute approximate surface area is 556 Å². The average Bonchev–Trinajstić information content (AvgIpc) is 1.65. The van der Waals surface area contributed by atoms with Crippen LogP contribution in [0.2, 0.25) is 72.5 Å². The molecule has 6 N–H and O–H groups in total. The fourth-order valence-corrected chi connectivity index (χ4v) is 12.2. The van der Waals surface area contributed by atoms with Crippen LogP contribution in [0.25, 0.3) is 0 Å². The topological polar surface area (TPSA) is 280 Å².